The minimum absolute atomic E-state index is 0.0544. The smallest absolute Gasteiger partial charge is 0.229 e. The van der Waals surface area contributed by atoms with Crippen molar-refractivity contribution in [2.24, 2.45) is 5.92 Å². The number of aromatic nitrogens is 3. The van der Waals surface area contributed by atoms with Crippen LogP contribution in [0.3, 0.4) is 0 Å². The number of nitrogens with one attached hydrogen (secondary N) is 1. The first kappa shape index (κ1) is 14.6. The van der Waals surface area contributed by atoms with E-state index in [2.05, 4.69) is 15.5 Å². The van der Waals surface area contributed by atoms with E-state index < -0.39 is 0 Å². The molecule has 1 aliphatic rings. The molecule has 2 aromatic heterocycles. The van der Waals surface area contributed by atoms with Gasteiger partial charge in [0.1, 0.15) is 12.1 Å². The first-order valence-electron chi connectivity index (χ1n) is 7.80. The molecule has 0 aliphatic carbocycles. The van der Waals surface area contributed by atoms with Gasteiger partial charge in [0.15, 0.2) is 5.65 Å². The van der Waals surface area contributed by atoms with Crippen LogP contribution < -0.4 is 10.2 Å². The third kappa shape index (κ3) is 2.68. The second-order valence-electron chi connectivity index (χ2n) is 5.89. The standard InChI is InChI=1S/C17H16FN5O/c18-14-3-1-2-4-15(14)22-8-7-12(9-22)17(24)20-13-5-6-16-21-19-11-23(16)10-13/h1-6,10-12H,7-9H2,(H,20,24). The number of nitrogens with zero attached hydrogens (tertiary/aromatic N) is 4. The number of fused-ring (bicyclic) bond motifs is 1. The van der Waals surface area contributed by atoms with Crippen molar-refractivity contribution in [3.05, 3.63) is 54.7 Å². The molecule has 4 rings (SSSR count). The quantitative estimate of drug-likeness (QED) is 0.803. The Morgan fingerprint density at radius 3 is 3.00 bits per heavy atom. The number of hydrogen-bond acceptors (Lipinski definition) is 4. The highest BCUT2D eigenvalue weighted by Crippen LogP contribution is 2.26. The first-order valence-corrected chi connectivity index (χ1v) is 7.80. The molecule has 1 atom stereocenters. The van der Waals surface area contributed by atoms with Gasteiger partial charge in [-0.15, -0.1) is 10.2 Å². The predicted octanol–water partition coefficient (Wildman–Crippen LogP) is 2.33. The lowest BCUT2D eigenvalue weighted by Gasteiger charge is -2.19. The second-order valence-corrected chi connectivity index (χ2v) is 5.89. The first-order chi connectivity index (χ1) is 11.7. The summed E-state index contributed by atoms with van der Waals surface area (Å²) in [6, 6.07) is 10.3. The molecule has 7 heteroatoms. The molecule has 1 amide bonds. The van der Waals surface area contributed by atoms with Crippen molar-refractivity contribution < 1.29 is 9.18 Å². The number of anilines is 2. The lowest BCUT2D eigenvalue weighted by Crippen LogP contribution is -2.27. The van der Waals surface area contributed by atoms with Crippen LogP contribution in [0.15, 0.2) is 48.9 Å². The SMILES string of the molecule is O=C(Nc1ccc2nncn2c1)C1CCN(c2ccccc2F)C1. The van der Waals surface area contributed by atoms with Crippen LogP contribution in [0.2, 0.25) is 0 Å². The summed E-state index contributed by atoms with van der Waals surface area (Å²) < 4.78 is 15.6. The minimum Gasteiger partial charge on any atom is -0.368 e. The second kappa shape index (κ2) is 5.92. The van der Waals surface area contributed by atoms with Crippen molar-refractivity contribution in [2.75, 3.05) is 23.3 Å². The fraction of sp³-hybridized carbons (Fsp3) is 0.235. The number of hydrogen-bond donors (Lipinski definition) is 1. The van der Waals surface area contributed by atoms with Gasteiger partial charge < -0.3 is 10.2 Å². The summed E-state index contributed by atoms with van der Waals surface area (Å²) in [5, 5.41) is 10.7. The highest BCUT2D eigenvalue weighted by atomic mass is 19.1. The Morgan fingerprint density at radius 1 is 1.25 bits per heavy atom. The van der Waals surface area contributed by atoms with Crippen LogP contribution in [0.5, 0.6) is 0 Å². The molecule has 122 valence electrons. The minimum atomic E-state index is -0.253. The van der Waals surface area contributed by atoms with E-state index in [0.29, 0.717) is 30.9 Å². The van der Waals surface area contributed by atoms with Gasteiger partial charge in [0.05, 0.1) is 17.3 Å². The molecule has 1 N–H and O–H groups in total. The summed E-state index contributed by atoms with van der Waals surface area (Å²) in [5.41, 5.74) is 1.97. The van der Waals surface area contributed by atoms with Gasteiger partial charge in [-0.2, -0.15) is 0 Å². The molecule has 0 spiro atoms. The van der Waals surface area contributed by atoms with E-state index in [1.165, 1.54) is 6.07 Å². The van der Waals surface area contributed by atoms with Crippen molar-refractivity contribution in [3.8, 4) is 0 Å². The topological polar surface area (TPSA) is 62.5 Å². The van der Waals surface area contributed by atoms with Gasteiger partial charge in [0.25, 0.3) is 0 Å². The summed E-state index contributed by atoms with van der Waals surface area (Å²) in [6.07, 6.45) is 4.06. The summed E-state index contributed by atoms with van der Waals surface area (Å²) >= 11 is 0. The van der Waals surface area contributed by atoms with Crippen LogP contribution in [0, 0.1) is 11.7 Å². The summed E-state index contributed by atoms with van der Waals surface area (Å²) in [7, 11) is 0. The van der Waals surface area contributed by atoms with Gasteiger partial charge >= 0.3 is 0 Å². The molecule has 0 radical (unpaired) electrons. The zero-order chi connectivity index (χ0) is 16.5. The molecule has 0 saturated carbocycles. The molecule has 0 bridgehead atoms. The highest BCUT2D eigenvalue weighted by molar-refractivity contribution is 5.93. The van der Waals surface area contributed by atoms with Crippen molar-refractivity contribution in [1.82, 2.24) is 14.6 Å². The van der Waals surface area contributed by atoms with Crippen LogP contribution >= 0.6 is 0 Å². The van der Waals surface area contributed by atoms with E-state index in [-0.39, 0.29) is 17.6 Å². The summed E-state index contributed by atoms with van der Waals surface area (Å²) in [5.74, 6) is -0.473. The normalized spacial score (nSPS) is 17.4. The lowest BCUT2D eigenvalue weighted by atomic mass is 10.1. The molecule has 24 heavy (non-hydrogen) atoms. The van der Waals surface area contributed by atoms with Crippen LogP contribution in [-0.2, 0) is 4.79 Å². The molecule has 1 fully saturated rings. The number of halogens is 1. The van der Waals surface area contributed by atoms with E-state index in [1.54, 1.807) is 47.3 Å². The van der Waals surface area contributed by atoms with Gasteiger partial charge in [-0.05, 0) is 30.7 Å². The average Bonchev–Trinajstić information content (AvgIpc) is 3.24. The maximum absolute atomic E-state index is 13.9. The average molecular weight is 325 g/mol. The molecular weight excluding hydrogens is 309 g/mol. The molecule has 1 aromatic carbocycles. The zero-order valence-corrected chi connectivity index (χ0v) is 12.9. The van der Waals surface area contributed by atoms with Gasteiger partial charge in [-0.3, -0.25) is 9.20 Å². The number of pyridine rings is 1. The van der Waals surface area contributed by atoms with Gasteiger partial charge in [0, 0.05) is 19.3 Å². The molecule has 1 saturated heterocycles. The van der Waals surface area contributed by atoms with Crippen LogP contribution in [-0.4, -0.2) is 33.6 Å². The number of amides is 1. The van der Waals surface area contributed by atoms with E-state index in [0.717, 1.165) is 5.65 Å². The Bertz CT molecular complexity index is 893. The van der Waals surface area contributed by atoms with Crippen molar-refractivity contribution in [1.29, 1.82) is 0 Å². The van der Waals surface area contributed by atoms with Gasteiger partial charge in [0.2, 0.25) is 5.91 Å². The lowest BCUT2D eigenvalue weighted by molar-refractivity contribution is -0.119. The number of carbonyl (C=O) groups is 1. The Balaban J connectivity index is 1.44. The largest absolute Gasteiger partial charge is 0.368 e. The van der Waals surface area contributed by atoms with Crippen molar-refractivity contribution in [2.45, 2.75) is 6.42 Å². The molecule has 3 aromatic rings. The fourth-order valence-corrected chi connectivity index (χ4v) is 3.05. The monoisotopic (exact) mass is 325 g/mol. The molecule has 6 nitrogen and oxygen atoms in total. The van der Waals surface area contributed by atoms with Gasteiger partial charge in [-0.1, -0.05) is 12.1 Å². The zero-order valence-electron chi connectivity index (χ0n) is 12.9. The Morgan fingerprint density at radius 2 is 2.12 bits per heavy atom. The van der Waals surface area contributed by atoms with Gasteiger partial charge in [-0.25, -0.2) is 4.39 Å². The maximum Gasteiger partial charge on any atom is 0.229 e. The number of rotatable bonds is 3. The van der Waals surface area contributed by atoms with Crippen molar-refractivity contribution in [3.63, 3.8) is 0 Å². The molecular formula is C17H16FN5O. The van der Waals surface area contributed by atoms with Crippen LogP contribution in [0.1, 0.15) is 6.42 Å². The van der Waals surface area contributed by atoms with E-state index in [9.17, 15) is 9.18 Å². The highest BCUT2D eigenvalue weighted by Gasteiger charge is 2.29. The fourth-order valence-electron chi connectivity index (χ4n) is 3.05. The molecule has 1 unspecified atom stereocenters. The van der Waals surface area contributed by atoms with E-state index in [1.807, 2.05) is 4.90 Å². The Labute approximate surface area is 137 Å². The van der Waals surface area contributed by atoms with Crippen LogP contribution in [0.4, 0.5) is 15.8 Å². The maximum atomic E-state index is 13.9. The Hall–Kier alpha value is -2.96. The molecule has 1 aliphatic heterocycles. The third-order valence-electron chi connectivity index (χ3n) is 4.31. The molecule has 3 heterocycles. The van der Waals surface area contributed by atoms with Crippen molar-refractivity contribution >= 4 is 22.9 Å². The number of carbonyl (C=O) groups excluding carboxylic acids is 1. The summed E-state index contributed by atoms with van der Waals surface area (Å²) in [4.78, 5) is 14.4. The van der Waals surface area contributed by atoms with Crippen LogP contribution in [0.25, 0.3) is 5.65 Å². The third-order valence-corrected chi connectivity index (χ3v) is 4.31. The number of benzene rings is 1. The Kier molecular flexibility index (Phi) is 3.60. The van der Waals surface area contributed by atoms with E-state index >= 15 is 0 Å². The predicted molar refractivity (Wildman–Crippen MR) is 88.3 cm³/mol. The number of para-hydroxylation sites is 1. The van der Waals surface area contributed by atoms with E-state index in [4.69, 9.17) is 0 Å². The summed E-state index contributed by atoms with van der Waals surface area (Å²) in [6.45, 7) is 1.19.